The maximum Gasteiger partial charge on any atom is 0.331 e. The predicted molar refractivity (Wildman–Crippen MR) is 121 cm³/mol. The Balaban J connectivity index is 2.27. The van der Waals surface area contributed by atoms with Crippen LogP contribution in [0.25, 0.3) is 22.2 Å². The molecule has 0 bridgehead atoms. The molecule has 0 saturated carbocycles. The van der Waals surface area contributed by atoms with Crippen molar-refractivity contribution < 1.29 is 9.53 Å². The molecule has 164 valence electrons. The van der Waals surface area contributed by atoms with Gasteiger partial charge in [0.25, 0.3) is 12.0 Å². The number of nitrogens with zero attached hydrogens (tertiary/aromatic N) is 3. The monoisotopic (exact) mass is 423 g/mol. The zero-order valence-electron chi connectivity index (χ0n) is 18.6. The fourth-order valence-electron chi connectivity index (χ4n) is 3.81. The highest BCUT2D eigenvalue weighted by atomic mass is 16.5. The third kappa shape index (κ3) is 4.76. The molecule has 3 aromatic rings. The summed E-state index contributed by atoms with van der Waals surface area (Å²) < 4.78 is 7.42. The summed E-state index contributed by atoms with van der Waals surface area (Å²) in [6.45, 7) is 7.02. The van der Waals surface area contributed by atoms with Crippen molar-refractivity contribution >= 4 is 17.4 Å². The number of hydrogen-bond donors (Lipinski definition) is 0. The predicted octanol–water partition coefficient (Wildman–Crippen LogP) is 3.22. The Bertz CT molecular complexity index is 1210. The lowest BCUT2D eigenvalue weighted by Gasteiger charge is -2.17. The summed E-state index contributed by atoms with van der Waals surface area (Å²) in [5.74, 6) is 0.455. The third-order valence-corrected chi connectivity index (χ3v) is 5.47. The van der Waals surface area contributed by atoms with Gasteiger partial charge >= 0.3 is 5.69 Å². The van der Waals surface area contributed by atoms with E-state index in [9.17, 15) is 14.4 Å². The largest absolute Gasteiger partial charge is 0.468 e. The van der Waals surface area contributed by atoms with Crippen molar-refractivity contribution in [2.45, 2.75) is 46.6 Å². The first-order valence-corrected chi connectivity index (χ1v) is 10.6. The second-order valence-corrected chi connectivity index (χ2v) is 8.27. The van der Waals surface area contributed by atoms with Crippen LogP contribution in [0.4, 0.5) is 0 Å². The van der Waals surface area contributed by atoms with Crippen LogP contribution < -0.4 is 11.2 Å². The number of aromatic nitrogens is 3. The van der Waals surface area contributed by atoms with E-state index >= 15 is 0 Å². The van der Waals surface area contributed by atoms with Crippen molar-refractivity contribution in [1.29, 1.82) is 0 Å². The minimum atomic E-state index is -0.400. The molecule has 3 rings (SSSR count). The Hall–Kier alpha value is -3.22. The van der Waals surface area contributed by atoms with Crippen LogP contribution >= 0.6 is 0 Å². The molecule has 0 aliphatic carbocycles. The van der Waals surface area contributed by atoms with Gasteiger partial charge < -0.3 is 4.74 Å². The maximum absolute atomic E-state index is 13.5. The molecule has 2 heterocycles. The van der Waals surface area contributed by atoms with Crippen LogP contribution in [0.1, 0.15) is 37.8 Å². The molecule has 0 aliphatic rings. The Kier molecular flexibility index (Phi) is 7.05. The fraction of sp³-hybridized carbons (Fsp3) is 0.417. The number of benzene rings is 1. The number of hydrogen-bond acceptors (Lipinski definition) is 5. The molecule has 0 spiro atoms. The highest BCUT2D eigenvalue weighted by Crippen LogP contribution is 2.28. The molecule has 0 aliphatic heterocycles. The molecular weight excluding hydrogens is 394 g/mol. The first-order valence-electron chi connectivity index (χ1n) is 10.6. The van der Waals surface area contributed by atoms with E-state index in [4.69, 9.17) is 4.74 Å². The van der Waals surface area contributed by atoms with Gasteiger partial charge in [0.15, 0.2) is 0 Å². The molecule has 7 heteroatoms. The molecule has 31 heavy (non-hydrogen) atoms. The fourth-order valence-corrected chi connectivity index (χ4v) is 3.81. The van der Waals surface area contributed by atoms with Crippen molar-refractivity contribution in [2.24, 2.45) is 13.0 Å². The second kappa shape index (κ2) is 9.73. The number of carbonyl (C=O) groups excluding carboxylic acids is 1. The summed E-state index contributed by atoms with van der Waals surface area (Å²) >= 11 is 0. The van der Waals surface area contributed by atoms with Crippen molar-refractivity contribution in [3.8, 4) is 11.3 Å². The summed E-state index contributed by atoms with van der Waals surface area (Å²) in [7, 11) is 1.66. The van der Waals surface area contributed by atoms with Crippen LogP contribution in [0, 0.1) is 12.8 Å². The highest BCUT2D eigenvalue weighted by molar-refractivity contribution is 5.86. The average molecular weight is 424 g/mol. The quantitative estimate of drug-likeness (QED) is 0.390. The smallest absolute Gasteiger partial charge is 0.331 e. The molecule has 0 N–H and O–H groups in total. The van der Waals surface area contributed by atoms with E-state index in [-0.39, 0.29) is 18.7 Å². The van der Waals surface area contributed by atoms with E-state index in [1.165, 1.54) is 9.13 Å². The molecule has 0 fully saturated rings. The maximum atomic E-state index is 13.5. The van der Waals surface area contributed by atoms with Crippen LogP contribution in [-0.4, -0.2) is 27.2 Å². The minimum absolute atomic E-state index is 0.155. The van der Waals surface area contributed by atoms with Gasteiger partial charge in [0.1, 0.15) is 0 Å². The number of aryl methyl sites for hydroxylation is 3. The minimum Gasteiger partial charge on any atom is -0.468 e. The molecule has 0 unspecified atom stereocenters. The van der Waals surface area contributed by atoms with E-state index in [2.05, 4.69) is 24.9 Å². The molecule has 0 amide bonds. The molecular formula is C24H29N3O4. The first kappa shape index (κ1) is 22.5. The van der Waals surface area contributed by atoms with Gasteiger partial charge in [-0.15, -0.1) is 0 Å². The summed E-state index contributed by atoms with van der Waals surface area (Å²) in [6.07, 6.45) is 3.59. The first-order chi connectivity index (χ1) is 14.8. The van der Waals surface area contributed by atoms with Crippen molar-refractivity contribution in [3.05, 3.63) is 62.4 Å². The van der Waals surface area contributed by atoms with Crippen LogP contribution in [0.2, 0.25) is 0 Å². The summed E-state index contributed by atoms with van der Waals surface area (Å²) in [5.41, 5.74) is 3.54. The Morgan fingerprint density at radius 1 is 1.23 bits per heavy atom. The summed E-state index contributed by atoms with van der Waals surface area (Å²) in [6, 6.07) is 8.06. The normalized spacial score (nSPS) is 11.3. The lowest BCUT2D eigenvalue weighted by molar-refractivity contribution is -0.128. The molecule has 0 radical (unpaired) electrons. The molecule has 2 aromatic heterocycles. The van der Waals surface area contributed by atoms with Gasteiger partial charge in [-0.3, -0.25) is 23.7 Å². The van der Waals surface area contributed by atoms with Crippen LogP contribution in [-0.2, 0) is 29.5 Å². The van der Waals surface area contributed by atoms with Gasteiger partial charge in [-0.1, -0.05) is 37.6 Å². The number of rotatable bonds is 9. The van der Waals surface area contributed by atoms with E-state index in [0.29, 0.717) is 36.1 Å². The van der Waals surface area contributed by atoms with Crippen LogP contribution in [0.15, 0.2) is 40.1 Å². The van der Waals surface area contributed by atoms with Crippen molar-refractivity contribution in [1.82, 2.24) is 14.1 Å². The van der Waals surface area contributed by atoms with Gasteiger partial charge in [-0.25, -0.2) is 4.79 Å². The number of pyridine rings is 1. The summed E-state index contributed by atoms with van der Waals surface area (Å²) in [5, 5.41) is 0.533. The zero-order chi connectivity index (χ0) is 22.5. The van der Waals surface area contributed by atoms with E-state index in [0.717, 1.165) is 28.8 Å². The molecule has 0 saturated heterocycles. The molecule has 1 aromatic carbocycles. The Labute approximate surface area is 181 Å². The third-order valence-electron chi connectivity index (χ3n) is 5.47. The summed E-state index contributed by atoms with van der Waals surface area (Å²) in [4.78, 5) is 41.4. The SMILES string of the molecule is Cc1cccc(-c2ncc3c(c2CCC(C)C)c(=O)n(CCCOC=O)c(=O)n3C)c1. The van der Waals surface area contributed by atoms with Crippen LogP contribution in [0.5, 0.6) is 0 Å². The number of carbonyl (C=O) groups is 1. The van der Waals surface area contributed by atoms with E-state index < -0.39 is 5.69 Å². The standard InChI is InChI=1S/C24H29N3O4/c1-16(2)9-10-19-21-20(14-25-22(19)18-8-5-7-17(3)13-18)26(4)24(30)27(23(21)29)11-6-12-31-15-28/h5,7-8,13-16H,6,9-12H2,1-4H3. The lowest BCUT2D eigenvalue weighted by atomic mass is 9.95. The van der Waals surface area contributed by atoms with Gasteiger partial charge in [0.2, 0.25) is 0 Å². The lowest BCUT2D eigenvalue weighted by Crippen LogP contribution is -2.40. The molecule has 0 atom stereocenters. The van der Waals surface area contributed by atoms with E-state index in [1.54, 1.807) is 13.2 Å². The zero-order valence-corrected chi connectivity index (χ0v) is 18.6. The topological polar surface area (TPSA) is 83.2 Å². The number of ether oxygens (including phenoxy) is 1. The van der Waals surface area contributed by atoms with Gasteiger partial charge in [-0.05, 0) is 43.7 Å². The number of fused-ring (bicyclic) bond motifs is 1. The molecule has 7 nitrogen and oxygen atoms in total. The van der Waals surface area contributed by atoms with Gasteiger partial charge in [0, 0.05) is 19.2 Å². The highest BCUT2D eigenvalue weighted by Gasteiger charge is 2.19. The second-order valence-electron chi connectivity index (χ2n) is 8.27. The average Bonchev–Trinajstić information content (AvgIpc) is 2.75. The van der Waals surface area contributed by atoms with Crippen molar-refractivity contribution in [3.63, 3.8) is 0 Å². The van der Waals surface area contributed by atoms with Gasteiger partial charge in [-0.2, -0.15) is 0 Å². The van der Waals surface area contributed by atoms with Crippen LogP contribution in [0.3, 0.4) is 0 Å². The Morgan fingerprint density at radius 3 is 2.68 bits per heavy atom. The van der Waals surface area contributed by atoms with Gasteiger partial charge in [0.05, 0.1) is 29.4 Å². The van der Waals surface area contributed by atoms with E-state index in [1.807, 2.05) is 25.1 Å². The van der Waals surface area contributed by atoms with Crippen molar-refractivity contribution in [2.75, 3.05) is 6.61 Å². The Morgan fingerprint density at radius 2 is 2.00 bits per heavy atom.